The number of carbonyl (C=O) groups excluding carboxylic acids is 3. The van der Waals surface area contributed by atoms with E-state index in [2.05, 4.69) is 57.2 Å². The summed E-state index contributed by atoms with van der Waals surface area (Å²) >= 11 is 0. The predicted octanol–water partition coefficient (Wildman–Crippen LogP) is 16.6. The third kappa shape index (κ3) is 47.6. The highest BCUT2D eigenvalue weighted by Gasteiger charge is 2.18. The van der Waals surface area contributed by atoms with Gasteiger partial charge in [-0.2, -0.15) is 0 Å². The Hall–Kier alpha value is -3.43. The summed E-state index contributed by atoms with van der Waals surface area (Å²) < 4.78 is 17.8. The molecule has 0 spiro atoms. The minimum atomic E-state index is -0.727. The van der Waals surface area contributed by atoms with Crippen LogP contribution in [0.3, 0.4) is 0 Å². The third-order valence-electron chi connectivity index (χ3n) is 12.5. The van der Waals surface area contributed by atoms with Crippen LogP contribution < -0.4 is 0 Å². The fourth-order valence-corrected chi connectivity index (χ4v) is 8.31. The fraction of sp³-hybridized carbons (Fsp3) is 0.810. The lowest BCUT2D eigenvalue weighted by molar-refractivity contribution is -0.156. The highest BCUT2D eigenvalue weighted by Crippen LogP contribution is 2.19. The fourth-order valence-electron chi connectivity index (χ4n) is 8.31. The molecule has 0 aromatic heterocycles. The first-order chi connectivity index (χ1) is 33.1. The molecule has 0 saturated heterocycles. The van der Waals surface area contributed by atoms with E-state index in [1.54, 1.807) is 0 Å². The molecule has 10 nitrogen and oxygen atoms in total. The summed E-state index contributed by atoms with van der Waals surface area (Å²) in [5.74, 6) is -2.21. The highest BCUT2D eigenvalue weighted by molar-refractivity contribution is 5.77. The van der Waals surface area contributed by atoms with Gasteiger partial charge in [0, 0.05) is 38.5 Å². The zero-order valence-electron chi connectivity index (χ0n) is 43.8. The Balaban J connectivity index is 4.64. The van der Waals surface area contributed by atoms with Crippen LogP contribution >= 0.6 is 0 Å². The Morgan fingerprint density at radius 2 is 0.588 bits per heavy atom. The van der Waals surface area contributed by atoms with Gasteiger partial charge in [0.05, 0.1) is 12.8 Å². The molecular weight excluding hydrogens is 857 g/mol. The number of carbonyl (C=O) groups is 5. The SMILES string of the molecule is CCCCCCC(C/C=C/CCCCCCCC(=O)O)OC(=O)CCCCCCC/C=C/CC(CCCCCC)OC(=O)CCC(=O)OC(C/C=C/CCCCCCCC(=O)O)CCCCCC. The summed E-state index contributed by atoms with van der Waals surface area (Å²) in [6, 6.07) is 0. The number of ether oxygens (including phenoxy) is 3. The van der Waals surface area contributed by atoms with Crippen molar-refractivity contribution in [2.24, 2.45) is 0 Å². The van der Waals surface area contributed by atoms with Crippen LogP contribution in [0.4, 0.5) is 0 Å². The zero-order valence-corrected chi connectivity index (χ0v) is 43.8. The number of esters is 3. The van der Waals surface area contributed by atoms with Crippen LogP contribution in [0.5, 0.6) is 0 Å². The number of hydrogen-bond donors (Lipinski definition) is 2. The lowest BCUT2D eigenvalue weighted by Gasteiger charge is -2.18. The van der Waals surface area contributed by atoms with Crippen LogP contribution in [0.1, 0.15) is 284 Å². The molecule has 0 aliphatic heterocycles. The second-order valence-corrected chi connectivity index (χ2v) is 19.2. The van der Waals surface area contributed by atoms with E-state index >= 15 is 0 Å². The smallest absolute Gasteiger partial charge is 0.306 e. The summed E-state index contributed by atoms with van der Waals surface area (Å²) in [7, 11) is 0. The van der Waals surface area contributed by atoms with E-state index in [9.17, 15) is 24.0 Å². The van der Waals surface area contributed by atoms with Gasteiger partial charge in [-0.3, -0.25) is 24.0 Å². The van der Waals surface area contributed by atoms with Crippen molar-refractivity contribution in [3.63, 3.8) is 0 Å². The molecule has 0 aliphatic carbocycles. The van der Waals surface area contributed by atoms with E-state index in [1.165, 1.54) is 19.3 Å². The van der Waals surface area contributed by atoms with Gasteiger partial charge in [0.2, 0.25) is 0 Å². The molecule has 0 aromatic carbocycles. The van der Waals surface area contributed by atoms with Crippen molar-refractivity contribution in [3.8, 4) is 0 Å². The lowest BCUT2D eigenvalue weighted by Crippen LogP contribution is -2.21. The van der Waals surface area contributed by atoms with E-state index in [0.29, 0.717) is 19.3 Å². The summed E-state index contributed by atoms with van der Waals surface area (Å²) in [5.41, 5.74) is 0. The third-order valence-corrected chi connectivity index (χ3v) is 12.5. The van der Waals surface area contributed by atoms with Crippen molar-refractivity contribution in [2.45, 2.75) is 302 Å². The Bertz CT molecular complexity index is 1310. The summed E-state index contributed by atoms with van der Waals surface area (Å²) in [6.07, 6.45) is 49.7. The van der Waals surface area contributed by atoms with Crippen LogP contribution in [-0.4, -0.2) is 58.4 Å². The molecule has 2 N–H and O–H groups in total. The first-order valence-electron chi connectivity index (χ1n) is 28.1. The van der Waals surface area contributed by atoms with Gasteiger partial charge in [-0.1, -0.05) is 173 Å². The first kappa shape index (κ1) is 64.6. The quantitative estimate of drug-likeness (QED) is 0.0261. The Labute approximate surface area is 415 Å². The summed E-state index contributed by atoms with van der Waals surface area (Å²) in [6.45, 7) is 6.57. The molecule has 0 aromatic rings. The number of unbranched alkanes of at least 4 members (excludes halogenated alkanes) is 24. The Morgan fingerprint density at radius 3 is 0.897 bits per heavy atom. The van der Waals surface area contributed by atoms with Crippen LogP contribution in [0.2, 0.25) is 0 Å². The minimum absolute atomic E-state index is 0.0231. The van der Waals surface area contributed by atoms with Crippen LogP contribution in [-0.2, 0) is 38.2 Å². The van der Waals surface area contributed by atoms with Crippen molar-refractivity contribution in [1.82, 2.24) is 0 Å². The van der Waals surface area contributed by atoms with Crippen LogP contribution in [0.25, 0.3) is 0 Å². The molecule has 0 bridgehead atoms. The number of carboxylic acid groups (broad SMARTS) is 2. The molecular formula is C58H102O10. The van der Waals surface area contributed by atoms with E-state index in [0.717, 1.165) is 199 Å². The maximum atomic E-state index is 13.0. The molecule has 0 aliphatic rings. The molecule has 0 saturated carbocycles. The molecule has 394 valence electrons. The molecule has 0 rings (SSSR count). The molecule has 3 unspecified atom stereocenters. The topological polar surface area (TPSA) is 154 Å². The Kier molecular flexibility index (Phi) is 47.5. The summed E-state index contributed by atoms with van der Waals surface area (Å²) in [4.78, 5) is 60.0. The number of carboxylic acids is 2. The standard InChI is InChI=1S/C58H102O10/c1-4-7-10-31-40-51(43-34-25-19-13-16-22-28-37-46-54(59)60)66-56(63)48-39-30-24-18-15-21-27-36-45-53(42-33-12-9-6-3)68-58(65)50-49-57(64)67-52(41-32-11-8-5-2)44-35-26-20-14-17-23-29-38-47-55(61)62/h25-27,34-36,51-53H,4-24,28-33,37-50H2,1-3H3,(H,59,60)(H,61,62)/b34-25+,35-26+,36-27+. The van der Waals surface area contributed by atoms with Crippen molar-refractivity contribution in [1.29, 1.82) is 0 Å². The molecule has 0 radical (unpaired) electrons. The van der Waals surface area contributed by atoms with Gasteiger partial charge in [-0.05, 0) is 96.3 Å². The average Bonchev–Trinajstić information content (AvgIpc) is 3.31. The molecule has 10 heteroatoms. The van der Waals surface area contributed by atoms with E-state index in [1.807, 2.05) is 0 Å². The minimum Gasteiger partial charge on any atom is -0.481 e. The van der Waals surface area contributed by atoms with E-state index < -0.39 is 11.9 Å². The van der Waals surface area contributed by atoms with Crippen molar-refractivity contribution < 1.29 is 48.4 Å². The van der Waals surface area contributed by atoms with Crippen molar-refractivity contribution in [2.75, 3.05) is 0 Å². The van der Waals surface area contributed by atoms with Crippen LogP contribution in [0, 0.1) is 0 Å². The monoisotopic (exact) mass is 959 g/mol. The van der Waals surface area contributed by atoms with Crippen molar-refractivity contribution in [3.05, 3.63) is 36.5 Å². The second-order valence-electron chi connectivity index (χ2n) is 19.2. The largest absolute Gasteiger partial charge is 0.481 e. The van der Waals surface area contributed by atoms with E-state index in [-0.39, 0.29) is 61.9 Å². The summed E-state index contributed by atoms with van der Waals surface area (Å²) in [5, 5.41) is 17.5. The van der Waals surface area contributed by atoms with Gasteiger partial charge in [-0.15, -0.1) is 0 Å². The van der Waals surface area contributed by atoms with Gasteiger partial charge in [-0.25, -0.2) is 0 Å². The normalized spacial score (nSPS) is 13.0. The number of aliphatic carboxylic acids is 2. The van der Waals surface area contributed by atoms with Crippen LogP contribution in [0.15, 0.2) is 36.5 Å². The average molecular weight is 959 g/mol. The molecule has 0 fully saturated rings. The van der Waals surface area contributed by atoms with Gasteiger partial charge < -0.3 is 24.4 Å². The number of hydrogen-bond acceptors (Lipinski definition) is 8. The lowest BCUT2D eigenvalue weighted by atomic mass is 10.1. The van der Waals surface area contributed by atoms with Crippen molar-refractivity contribution >= 4 is 29.8 Å². The maximum absolute atomic E-state index is 13.0. The van der Waals surface area contributed by atoms with Gasteiger partial charge in [0.25, 0.3) is 0 Å². The number of rotatable bonds is 51. The highest BCUT2D eigenvalue weighted by atomic mass is 16.6. The number of allylic oxidation sites excluding steroid dienone is 3. The predicted molar refractivity (Wildman–Crippen MR) is 279 cm³/mol. The zero-order chi connectivity index (χ0) is 50.0. The molecule has 0 amide bonds. The second kappa shape index (κ2) is 50.0. The maximum Gasteiger partial charge on any atom is 0.306 e. The molecule has 0 heterocycles. The molecule has 68 heavy (non-hydrogen) atoms. The Morgan fingerprint density at radius 1 is 0.324 bits per heavy atom. The van der Waals surface area contributed by atoms with Gasteiger partial charge >= 0.3 is 29.8 Å². The first-order valence-corrected chi connectivity index (χ1v) is 28.1. The van der Waals surface area contributed by atoms with Gasteiger partial charge in [0.15, 0.2) is 0 Å². The van der Waals surface area contributed by atoms with E-state index in [4.69, 9.17) is 24.4 Å². The van der Waals surface area contributed by atoms with Gasteiger partial charge in [0.1, 0.15) is 18.3 Å². The molecule has 3 atom stereocenters.